The van der Waals surface area contributed by atoms with Crippen LogP contribution < -0.4 is 11.1 Å². The first-order valence-corrected chi connectivity index (χ1v) is 6.18. The van der Waals surface area contributed by atoms with Crippen molar-refractivity contribution in [2.75, 3.05) is 11.1 Å². The standard InChI is InChI=1S/C14H18N4O/c1-9(2)10-5-4-6-11(7-10)17-14(19)12-8-16-18(3)13(12)15/h4-9H,15H2,1-3H3,(H,17,19). The first kappa shape index (κ1) is 13.1. The van der Waals surface area contributed by atoms with Crippen LogP contribution in [0.15, 0.2) is 30.5 Å². The van der Waals surface area contributed by atoms with Crippen molar-refractivity contribution in [2.45, 2.75) is 19.8 Å². The van der Waals surface area contributed by atoms with Crippen molar-refractivity contribution in [1.29, 1.82) is 0 Å². The second-order valence-corrected chi connectivity index (χ2v) is 4.80. The van der Waals surface area contributed by atoms with Crippen LogP contribution in [-0.2, 0) is 7.05 Å². The van der Waals surface area contributed by atoms with Crippen molar-refractivity contribution in [2.24, 2.45) is 7.05 Å². The maximum Gasteiger partial charge on any atom is 0.261 e. The van der Waals surface area contributed by atoms with Gasteiger partial charge in [0.2, 0.25) is 0 Å². The van der Waals surface area contributed by atoms with Crippen LogP contribution in [0, 0.1) is 0 Å². The lowest BCUT2D eigenvalue weighted by atomic mass is 10.0. The van der Waals surface area contributed by atoms with Crippen molar-refractivity contribution < 1.29 is 4.79 Å². The number of hydrogen-bond acceptors (Lipinski definition) is 3. The van der Waals surface area contributed by atoms with Gasteiger partial charge >= 0.3 is 0 Å². The zero-order valence-corrected chi connectivity index (χ0v) is 11.3. The number of nitrogens with two attached hydrogens (primary N) is 1. The molecule has 5 heteroatoms. The Morgan fingerprint density at radius 2 is 2.16 bits per heavy atom. The van der Waals surface area contributed by atoms with E-state index in [0.717, 1.165) is 5.69 Å². The van der Waals surface area contributed by atoms with Crippen LogP contribution in [0.25, 0.3) is 0 Å². The molecule has 2 rings (SSSR count). The first-order chi connectivity index (χ1) is 8.99. The lowest BCUT2D eigenvalue weighted by Gasteiger charge is -2.09. The Bertz CT molecular complexity index is 601. The summed E-state index contributed by atoms with van der Waals surface area (Å²) in [7, 11) is 1.70. The molecule has 0 saturated heterocycles. The molecule has 1 heterocycles. The van der Waals surface area contributed by atoms with E-state index < -0.39 is 0 Å². The van der Waals surface area contributed by atoms with Gasteiger partial charge in [-0.2, -0.15) is 5.10 Å². The summed E-state index contributed by atoms with van der Waals surface area (Å²) in [6.45, 7) is 4.22. The SMILES string of the molecule is CC(C)c1cccc(NC(=O)c2cnn(C)c2N)c1. The van der Waals surface area contributed by atoms with Crippen molar-refractivity contribution in [3.63, 3.8) is 0 Å². The number of anilines is 2. The third kappa shape index (κ3) is 2.76. The Morgan fingerprint density at radius 1 is 1.42 bits per heavy atom. The number of carbonyl (C=O) groups excluding carboxylic acids is 1. The average Bonchev–Trinajstić information content (AvgIpc) is 2.70. The summed E-state index contributed by atoms with van der Waals surface area (Å²) < 4.78 is 1.47. The molecule has 0 spiro atoms. The Labute approximate surface area is 112 Å². The maximum absolute atomic E-state index is 12.1. The van der Waals surface area contributed by atoms with E-state index >= 15 is 0 Å². The van der Waals surface area contributed by atoms with Crippen LogP contribution in [0.2, 0.25) is 0 Å². The number of nitrogen functional groups attached to an aromatic ring is 1. The molecular formula is C14H18N4O. The summed E-state index contributed by atoms with van der Waals surface area (Å²) in [4.78, 5) is 12.1. The molecule has 0 unspecified atom stereocenters. The van der Waals surface area contributed by atoms with Gasteiger partial charge in [-0.1, -0.05) is 26.0 Å². The zero-order chi connectivity index (χ0) is 14.0. The molecule has 1 amide bonds. The molecule has 0 radical (unpaired) electrons. The van der Waals surface area contributed by atoms with Crippen molar-refractivity contribution in [3.8, 4) is 0 Å². The molecule has 19 heavy (non-hydrogen) atoms. The highest BCUT2D eigenvalue weighted by Crippen LogP contribution is 2.19. The minimum absolute atomic E-state index is 0.244. The lowest BCUT2D eigenvalue weighted by Crippen LogP contribution is -2.14. The molecule has 100 valence electrons. The molecule has 0 aliphatic carbocycles. The van der Waals surface area contributed by atoms with E-state index in [1.165, 1.54) is 16.4 Å². The molecule has 0 bridgehead atoms. The lowest BCUT2D eigenvalue weighted by molar-refractivity contribution is 0.102. The topological polar surface area (TPSA) is 72.9 Å². The molecule has 5 nitrogen and oxygen atoms in total. The Kier molecular flexibility index (Phi) is 3.55. The van der Waals surface area contributed by atoms with E-state index in [1.54, 1.807) is 7.05 Å². The molecule has 3 N–H and O–H groups in total. The quantitative estimate of drug-likeness (QED) is 0.887. The Morgan fingerprint density at radius 3 is 2.74 bits per heavy atom. The van der Waals surface area contributed by atoms with E-state index in [1.807, 2.05) is 24.3 Å². The molecule has 0 fully saturated rings. The fourth-order valence-electron chi connectivity index (χ4n) is 1.80. The van der Waals surface area contributed by atoms with Crippen LogP contribution >= 0.6 is 0 Å². The van der Waals surface area contributed by atoms with Gasteiger partial charge in [-0.05, 0) is 23.6 Å². The molecule has 0 saturated carbocycles. The van der Waals surface area contributed by atoms with E-state index in [-0.39, 0.29) is 5.91 Å². The summed E-state index contributed by atoms with van der Waals surface area (Å²) in [6, 6.07) is 7.79. The van der Waals surface area contributed by atoms with Crippen LogP contribution in [0.4, 0.5) is 11.5 Å². The number of benzene rings is 1. The molecule has 1 aromatic heterocycles. The normalized spacial score (nSPS) is 10.7. The van der Waals surface area contributed by atoms with Gasteiger partial charge in [-0.25, -0.2) is 0 Å². The second-order valence-electron chi connectivity index (χ2n) is 4.80. The van der Waals surface area contributed by atoms with E-state index in [2.05, 4.69) is 24.3 Å². The zero-order valence-electron chi connectivity index (χ0n) is 11.3. The molecular weight excluding hydrogens is 240 g/mol. The highest BCUT2D eigenvalue weighted by Gasteiger charge is 2.14. The van der Waals surface area contributed by atoms with Crippen molar-refractivity contribution in [3.05, 3.63) is 41.6 Å². The van der Waals surface area contributed by atoms with Gasteiger partial charge in [-0.15, -0.1) is 0 Å². The van der Waals surface area contributed by atoms with E-state index in [9.17, 15) is 4.79 Å². The maximum atomic E-state index is 12.1. The fourth-order valence-corrected chi connectivity index (χ4v) is 1.80. The molecule has 0 aliphatic heterocycles. The highest BCUT2D eigenvalue weighted by molar-refractivity contribution is 6.07. The number of nitrogens with one attached hydrogen (secondary N) is 1. The van der Waals surface area contributed by atoms with Crippen molar-refractivity contribution in [1.82, 2.24) is 9.78 Å². The summed E-state index contributed by atoms with van der Waals surface area (Å²) in [6.07, 6.45) is 1.47. The van der Waals surface area contributed by atoms with Gasteiger partial charge in [-0.3, -0.25) is 9.48 Å². The minimum Gasteiger partial charge on any atom is -0.383 e. The van der Waals surface area contributed by atoms with Gasteiger partial charge in [0.25, 0.3) is 5.91 Å². The van der Waals surface area contributed by atoms with Gasteiger partial charge in [0.1, 0.15) is 11.4 Å². The molecule has 0 aliphatic rings. The van der Waals surface area contributed by atoms with E-state index in [4.69, 9.17) is 5.73 Å². The number of carbonyl (C=O) groups is 1. The van der Waals surface area contributed by atoms with Gasteiger partial charge in [0, 0.05) is 12.7 Å². The molecule has 1 aromatic carbocycles. The number of aryl methyl sites for hydroxylation is 1. The predicted molar refractivity (Wildman–Crippen MR) is 76.1 cm³/mol. The first-order valence-electron chi connectivity index (χ1n) is 6.18. The summed E-state index contributed by atoms with van der Waals surface area (Å²) >= 11 is 0. The predicted octanol–water partition coefficient (Wildman–Crippen LogP) is 2.38. The average molecular weight is 258 g/mol. The van der Waals surface area contributed by atoms with Crippen LogP contribution in [0.5, 0.6) is 0 Å². The minimum atomic E-state index is -0.244. The molecule has 0 atom stereocenters. The smallest absolute Gasteiger partial charge is 0.261 e. The number of aromatic nitrogens is 2. The number of nitrogens with zero attached hydrogens (tertiary/aromatic N) is 2. The van der Waals surface area contributed by atoms with Gasteiger partial charge < -0.3 is 11.1 Å². The van der Waals surface area contributed by atoms with Crippen LogP contribution in [0.1, 0.15) is 35.7 Å². The second kappa shape index (κ2) is 5.14. The Hall–Kier alpha value is -2.30. The summed E-state index contributed by atoms with van der Waals surface area (Å²) in [5.74, 6) is 0.532. The molecule has 2 aromatic rings. The van der Waals surface area contributed by atoms with Gasteiger partial charge in [0.05, 0.1) is 6.20 Å². The fraction of sp³-hybridized carbons (Fsp3) is 0.286. The van der Waals surface area contributed by atoms with Crippen LogP contribution in [0.3, 0.4) is 0 Å². The van der Waals surface area contributed by atoms with Gasteiger partial charge in [0.15, 0.2) is 0 Å². The third-order valence-corrected chi connectivity index (χ3v) is 3.04. The number of rotatable bonds is 3. The van der Waals surface area contributed by atoms with Crippen LogP contribution in [-0.4, -0.2) is 15.7 Å². The Balaban J connectivity index is 2.19. The van der Waals surface area contributed by atoms with Crippen molar-refractivity contribution >= 4 is 17.4 Å². The number of amides is 1. The summed E-state index contributed by atoms with van der Waals surface area (Å²) in [5.41, 5.74) is 8.10. The summed E-state index contributed by atoms with van der Waals surface area (Å²) in [5, 5.41) is 6.79. The largest absolute Gasteiger partial charge is 0.383 e. The van der Waals surface area contributed by atoms with E-state index in [0.29, 0.717) is 17.3 Å². The monoisotopic (exact) mass is 258 g/mol. The highest BCUT2D eigenvalue weighted by atomic mass is 16.1. The number of hydrogen-bond donors (Lipinski definition) is 2. The third-order valence-electron chi connectivity index (χ3n) is 3.04.